The van der Waals surface area contributed by atoms with Gasteiger partial charge in [-0.3, -0.25) is 4.79 Å². The molecule has 2 aromatic rings. The number of anilines is 1. The molecule has 2 unspecified atom stereocenters. The van der Waals surface area contributed by atoms with E-state index >= 15 is 0 Å². The van der Waals surface area contributed by atoms with Crippen molar-refractivity contribution in [2.45, 2.75) is 26.7 Å². The van der Waals surface area contributed by atoms with E-state index in [2.05, 4.69) is 42.3 Å². The third-order valence-electron chi connectivity index (χ3n) is 4.89. The van der Waals surface area contributed by atoms with E-state index in [-0.39, 0.29) is 5.91 Å². The number of likely N-dealkylation sites (tertiary alicyclic amines) is 1. The minimum Gasteiger partial charge on any atom is -0.325 e. The second-order valence-corrected chi connectivity index (χ2v) is 7.42. The van der Waals surface area contributed by atoms with Crippen LogP contribution in [0.5, 0.6) is 0 Å². The quantitative estimate of drug-likeness (QED) is 0.861. The Hall–Kier alpha value is -2.13. The molecular formula is C22H28N2O. The number of benzene rings is 2. The van der Waals surface area contributed by atoms with Crippen molar-refractivity contribution in [1.82, 2.24) is 4.90 Å². The number of nitrogens with one attached hydrogen (secondary N) is 1. The zero-order chi connectivity index (χ0) is 17.6. The van der Waals surface area contributed by atoms with Crippen molar-refractivity contribution >= 4 is 11.6 Å². The van der Waals surface area contributed by atoms with Crippen LogP contribution in [0.25, 0.3) is 11.1 Å². The Bertz CT molecular complexity index is 688. The van der Waals surface area contributed by atoms with Gasteiger partial charge in [0.25, 0.3) is 0 Å². The average molecular weight is 336 g/mol. The minimum atomic E-state index is 0.0919. The van der Waals surface area contributed by atoms with E-state index in [0.717, 1.165) is 48.3 Å². The van der Waals surface area contributed by atoms with Crippen LogP contribution in [0, 0.1) is 11.8 Å². The monoisotopic (exact) mass is 336 g/mol. The summed E-state index contributed by atoms with van der Waals surface area (Å²) in [6.07, 6.45) is 1.84. The molecule has 0 radical (unpaired) electrons. The van der Waals surface area contributed by atoms with Crippen LogP contribution in [0.1, 0.15) is 26.7 Å². The summed E-state index contributed by atoms with van der Waals surface area (Å²) in [5.41, 5.74) is 3.08. The van der Waals surface area contributed by atoms with Crippen LogP contribution < -0.4 is 5.32 Å². The molecule has 1 heterocycles. The number of rotatable bonds is 5. The van der Waals surface area contributed by atoms with E-state index in [0.29, 0.717) is 6.42 Å². The topological polar surface area (TPSA) is 32.3 Å². The molecule has 1 saturated heterocycles. The molecule has 132 valence electrons. The lowest BCUT2D eigenvalue weighted by Crippen LogP contribution is -2.40. The smallest absolute Gasteiger partial charge is 0.225 e. The van der Waals surface area contributed by atoms with Crippen LogP contribution in [-0.2, 0) is 4.79 Å². The van der Waals surface area contributed by atoms with Crippen molar-refractivity contribution < 1.29 is 4.79 Å². The fourth-order valence-electron chi connectivity index (χ4n) is 3.91. The molecular weight excluding hydrogens is 308 g/mol. The molecule has 3 nitrogen and oxygen atoms in total. The van der Waals surface area contributed by atoms with E-state index < -0.39 is 0 Å². The average Bonchev–Trinajstić information content (AvgIpc) is 2.60. The third kappa shape index (κ3) is 4.93. The zero-order valence-electron chi connectivity index (χ0n) is 15.2. The maximum Gasteiger partial charge on any atom is 0.225 e. The van der Waals surface area contributed by atoms with Crippen LogP contribution in [0.4, 0.5) is 5.69 Å². The van der Waals surface area contributed by atoms with Crippen molar-refractivity contribution in [2.24, 2.45) is 11.8 Å². The van der Waals surface area contributed by atoms with Crippen molar-refractivity contribution in [3.8, 4) is 11.1 Å². The van der Waals surface area contributed by atoms with Gasteiger partial charge in [-0.15, -0.1) is 0 Å². The van der Waals surface area contributed by atoms with Gasteiger partial charge in [0.15, 0.2) is 0 Å². The summed E-state index contributed by atoms with van der Waals surface area (Å²) in [4.78, 5) is 14.9. The van der Waals surface area contributed by atoms with Gasteiger partial charge in [-0.25, -0.2) is 0 Å². The number of hydrogen-bond donors (Lipinski definition) is 1. The fraction of sp³-hybridized carbons (Fsp3) is 0.409. The largest absolute Gasteiger partial charge is 0.325 e. The highest BCUT2D eigenvalue weighted by molar-refractivity contribution is 5.95. The van der Waals surface area contributed by atoms with Crippen LogP contribution in [0.2, 0.25) is 0 Å². The Balaban J connectivity index is 1.60. The molecule has 0 aliphatic carbocycles. The van der Waals surface area contributed by atoms with Gasteiger partial charge < -0.3 is 10.2 Å². The number of carbonyl (C=O) groups is 1. The van der Waals surface area contributed by atoms with E-state index in [1.165, 1.54) is 6.42 Å². The zero-order valence-corrected chi connectivity index (χ0v) is 15.2. The SMILES string of the molecule is CC1CC(C)CN(CCC(=O)Nc2ccccc2-c2ccccc2)C1. The molecule has 0 bridgehead atoms. The number of hydrogen-bond acceptors (Lipinski definition) is 2. The lowest BCUT2D eigenvalue weighted by atomic mass is 9.92. The van der Waals surface area contributed by atoms with Gasteiger partial charge in [-0.2, -0.15) is 0 Å². The van der Waals surface area contributed by atoms with Gasteiger partial charge in [0.1, 0.15) is 0 Å². The summed E-state index contributed by atoms with van der Waals surface area (Å²) >= 11 is 0. The Morgan fingerprint density at radius 3 is 2.36 bits per heavy atom. The van der Waals surface area contributed by atoms with Crippen LogP contribution >= 0.6 is 0 Å². The summed E-state index contributed by atoms with van der Waals surface area (Å²) in [5.74, 6) is 1.55. The first-order chi connectivity index (χ1) is 12.1. The summed E-state index contributed by atoms with van der Waals surface area (Å²) < 4.78 is 0. The van der Waals surface area contributed by atoms with Crippen molar-refractivity contribution in [3.05, 3.63) is 54.6 Å². The highest BCUT2D eigenvalue weighted by Gasteiger charge is 2.22. The Labute approximate surface area is 151 Å². The molecule has 1 aliphatic heterocycles. The lowest BCUT2D eigenvalue weighted by Gasteiger charge is -2.34. The van der Waals surface area contributed by atoms with Crippen LogP contribution in [0.3, 0.4) is 0 Å². The number of amides is 1. The molecule has 3 heteroatoms. The van der Waals surface area contributed by atoms with Crippen molar-refractivity contribution in [3.63, 3.8) is 0 Å². The maximum atomic E-state index is 12.5. The first-order valence-corrected chi connectivity index (χ1v) is 9.28. The number of nitrogens with zero attached hydrogens (tertiary/aromatic N) is 1. The van der Waals surface area contributed by atoms with Gasteiger partial charge in [0.05, 0.1) is 0 Å². The number of carbonyl (C=O) groups excluding carboxylic acids is 1. The van der Waals surface area contributed by atoms with Crippen LogP contribution in [-0.4, -0.2) is 30.4 Å². The molecule has 1 fully saturated rings. The number of piperidine rings is 1. The first kappa shape index (κ1) is 17.7. The molecule has 1 N–H and O–H groups in total. The molecule has 1 amide bonds. The van der Waals surface area contributed by atoms with E-state index in [1.54, 1.807) is 0 Å². The summed E-state index contributed by atoms with van der Waals surface area (Å²) in [6.45, 7) is 7.67. The predicted octanol–water partition coefficient (Wildman–Crippen LogP) is 4.66. The summed E-state index contributed by atoms with van der Waals surface area (Å²) in [7, 11) is 0. The van der Waals surface area contributed by atoms with Gasteiger partial charge in [0, 0.05) is 37.3 Å². The highest BCUT2D eigenvalue weighted by Crippen LogP contribution is 2.27. The van der Waals surface area contributed by atoms with E-state index in [1.807, 2.05) is 36.4 Å². The summed E-state index contributed by atoms with van der Waals surface area (Å²) in [5, 5.41) is 3.11. The predicted molar refractivity (Wildman–Crippen MR) is 105 cm³/mol. The van der Waals surface area contributed by atoms with Gasteiger partial charge in [-0.05, 0) is 29.9 Å². The summed E-state index contributed by atoms with van der Waals surface area (Å²) in [6, 6.07) is 18.2. The van der Waals surface area contributed by atoms with Crippen molar-refractivity contribution in [1.29, 1.82) is 0 Å². The second kappa shape index (κ2) is 8.30. The van der Waals surface area contributed by atoms with Gasteiger partial charge >= 0.3 is 0 Å². The first-order valence-electron chi connectivity index (χ1n) is 9.28. The van der Waals surface area contributed by atoms with Gasteiger partial charge in [-0.1, -0.05) is 62.4 Å². The Morgan fingerprint density at radius 2 is 1.64 bits per heavy atom. The molecule has 0 saturated carbocycles. The minimum absolute atomic E-state index is 0.0919. The Kier molecular flexibility index (Phi) is 5.87. The molecule has 2 atom stereocenters. The molecule has 2 aromatic carbocycles. The highest BCUT2D eigenvalue weighted by atomic mass is 16.1. The van der Waals surface area contributed by atoms with Crippen molar-refractivity contribution in [2.75, 3.05) is 25.0 Å². The second-order valence-electron chi connectivity index (χ2n) is 7.42. The third-order valence-corrected chi connectivity index (χ3v) is 4.89. The molecule has 25 heavy (non-hydrogen) atoms. The standard InChI is InChI=1S/C22H28N2O/c1-17-14-18(2)16-24(15-17)13-12-22(25)23-21-11-7-6-10-20(21)19-8-4-3-5-9-19/h3-11,17-18H,12-16H2,1-2H3,(H,23,25). The molecule has 3 rings (SSSR count). The normalized spacial score (nSPS) is 21.0. The van der Waals surface area contributed by atoms with Gasteiger partial charge in [0.2, 0.25) is 5.91 Å². The van der Waals surface area contributed by atoms with E-state index in [4.69, 9.17) is 0 Å². The lowest BCUT2D eigenvalue weighted by molar-refractivity contribution is -0.116. The van der Waals surface area contributed by atoms with Crippen LogP contribution in [0.15, 0.2) is 54.6 Å². The maximum absolute atomic E-state index is 12.5. The molecule has 0 spiro atoms. The van der Waals surface area contributed by atoms with E-state index in [9.17, 15) is 4.79 Å². The fourth-order valence-corrected chi connectivity index (χ4v) is 3.91. The number of para-hydroxylation sites is 1. The molecule has 1 aliphatic rings. The Morgan fingerprint density at radius 1 is 1.00 bits per heavy atom. The molecule has 0 aromatic heterocycles.